The molecular formula is C16H24N2. The van der Waals surface area contributed by atoms with Gasteiger partial charge in [0.15, 0.2) is 0 Å². The lowest BCUT2D eigenvalue weighted by Crippen LogP contribution is -1.99. The Labute approximate surface area is 111 Å². The van der Waals surface area contributed by atoms with Crippen LogP contribution in [0, 0.1) is 5.92 Å². The summed E-state index contributed by atoms with van der Waals surface area (Å²) < 4.78 is 0. The van der Waals surface area contributed by atoms with E-state index >= 15 is 0 Å². The summed E-state index contributed by atoms with van der Waals surface area (Å²) in [5, 5.41) is 7.56. The summed E-state index contributed by atoms with van der Waals surface area (Å²) in [7, 11) is 0. The predicted octanol–water partition coefficient (Wildman–Crippen LogP) is 4.79. The van der Waals surface area contributed by atoms with Crippen molar-refractivity contribution in [3.05, 3.63) is 41.8 Å². The maximum atomic E-state index is 4.41. The predicted molar refractivity (Wildman–Crippen MR) is 80.4 cm³/mol. The van der Waals surface area contributed by atoms with Gasteiger partial charge in [-0.2, -0.15) is 5.10 Å². The molecule has 0 saturated carbocycles. The summed E-state index contributed by atoms with van der Waals surface area (Å²) in [6.45, 7) is 14.9. The monoisotopic (exact) mass is 244 g/mol. The van der Waals surface area contributed by atoms with E-state index in [4.69, 9.17) is 0 Å². The van der Waals surface area contributed by atoms with Crippen molar-refractivity contribution in [2.75, 3.05) is 0 Å². The average molecular weight is 244 g/mol. The summed E-state index contributed by atoms with van der Waals surface area (Å²) in [5.74, 6) is 0.848. The highest BCUT2D eigenvalue weighted by molar-refractivity contribution is 5.74. The lowest BCUT2D eigenvalue weighted by atomic mass is 9.91. The van der Waals surface area contributed by atoms with E-state index in [-0.39, 0.29) is 0 Å². The molecule has 1 rings (SSSR count). The minimum atomic E-state index is 0.423. The first-order chi connectivity index (χ1) is 8.49. The first-order valence-corrected chi connectivity index (χ1v) is 6.55. The number of hydrogen-bond donors (Lipinski definition) is 1. The van der Waals surface area contributed by atoms with Gasteiger partial charge < -0.3 is 0 Å². The Morgan fingerprint density at radius 1 is 1.22 bits per heavy atom. The normalized spacial score (nSPS) is 12.4. The molecule has 1 aromatic heterocycles. The minimum absolute atomic E-state index is 0.423. The van der Waals surface area contributed by atoms with Crippen molar-refractivity contribution in [3.63, 3.8) is 0 Å². The smallest absolute Gasteiger partial charge is 0.0926 e. The van der Waals surface area contributed by atoms with Gasteiger partial charge in [0, 0.05) is 11.3 Å². The summed E-state index contributed by atoms with van der Waals surface area (Å²) in [5.41, 5.74) is 4.48. The molecule has 2 heteroatoms. The lowest BCUT2D eigenvalue weighted by Gasteiger charge is -2.13. The van der Waals surface area contributed by atoms with Crippen LogP contribution in [0.25, 0.3) is 11.6 Å². The molecule has 1 N–H and O–H groups in total. The van der Waals surface area contributed by atoms with Crippen LogP contribution in [-0.2, 0) is 0 Å². The average Bonchev–Trinajstić information content (AvgIpc) is 2.72. The molecule has 0 atom stereocenters. The van der Waals surface area contributed by atoms with Gasteiger partial charge in [0.2, 0.25) is 0 Å². The zero-order valence-electron chi connectivity index (χ0n) is 12.1. The number of allylic oxidation sites excluding steroid dienone is 4. The van der Waals surface area contributed by atoms with Gasteiger partial charge in [-0.05, 0) is 30.4 Å². The molecule has 98 valence electrons. The van der Waals surface area contributed by atoms with E-state index in [2.05, 4.69) is 44.5 Å². The van der Waals surface area contributed by atoms with Crippen LogP contribution in [0.3, 0.4) is 0 Å². The Morgan fingerprint density at radius 3 is 2.39 bits per heavy atom. The quantitative estimate of drug-likeness (QED) is 0.741. The molecule has 18 heavy (non-hydrogen) atoms. The van der Waals surface area contributed by atoms with Crippen LogP contribution >= 0.6 is 0 Å². The highest BCUT2D eigenvalue weighted by Crippen LogP contribution is 2.31. The summed E-state index contributed by atoms with van der Waals surface area (Å²) in [4.78, 5) is 0. The van der Waals surface area contributed by atoms with Crippen LogP contribution in [0.15, 0.2) is 24.8 Å². The largest absolute Gasteiger partial charge is 0.281 e. The third-order valence-corrected chi connectivity index (χ3v) is 2.98. The molecule has 2 nitrogen and oxygen atoms in total. The highest BCUT2D eigenvalue weighted by Gasteiger charge is 2.18. The van der Waals surface area contributed by atoms with Crippen LogP contribution in [-0.4, -0.2) is 10.2 Å². The molecule has 0 spiro atoms. The van der Waals surface area contributed by atoms with Crippen molar-refractivity contribution in [1.29, 1.82) is 0 Å². The SMILES string of the molecule is C=C(c1c(/C=C\C=C/C)n[nH]c1C(C)C)C(C)C. The van der Waals surface area contributed by atoms with Gasteiger partial charge in [-0.1, -0.05) is 52.5 Å². The second-order valence-electron chi connectivity index (χ2n) is 5.12. The maximum absolute atomic E-state index is 4.41. The third-order valence-electron chi connectivity index (χ3n) is 2.98. The second kappa shape index (κ2) is 6.39. The molecule has 0 aliphatic heterocycles. The molecule has 0 unspecified atom stereocenters. The van der Waals surface area contributed by atoms with Crippen LogP contribution in [0.1, 0.15) is 57.5 Å². The third kappa shape index (κ3) is 3.22. The van der Waals surface area contributed by atoms with E-state index in [0.29, 0.717) is 11.8 Å². The molecule has 0 bridgehead atoms. The molecule has 0 aliphatic carbocycles. The van der Waals surface area contributed by atoms with Crippen molar-refractivity contribution >= 4 is 11.6 Å². The van der Waals surface area contributed by atoms with E-state index in [1.54, 1.807) is 0 Å². The van der Waals surface area contributed by atoms with Gasteiger partial charge >= 0.3 is 0 Å². The fourth-order valence-electron chi connectivity index (χ4n) is 1.79. The van der Waals surface area contributed by atoms with Gasteiger partial charge in [0.25, 0.3) is 0 Å². The fraction of sp³-hybridized carbons (Fsp3) is 0.438. The Kier molecular flexibility index (Phi) is 5.14. The number of aromatic amines is 1. The second-order valence-corrected chi connectivity index (χ2v) is 5.12. The number of aromatic nitrogens is 2. The first-order valence-electron chi connectivity index (χ1n) is 6.55. The van der Waals surface area contributed by atoms with Crippen molar-refractivity contribution in [1.82, 2.24) is 10.2 Å². The van der Waals surface area contributed by atoms with Crippen molar-refractivity contribution in [2.45, 2.75) is 40.5 Å². The van der Waals surface area contributed by atoms with E-state index in [1.807, 2.05) is 31.2 Å². The molecule has 0 amide bonds. The molecular weight excluding hydrogens is 220 g/mol. The molecule has 0 radical (unpaired) electrons. The summed E-state index contributed by atoms with van der Waals surface area (Å²) in [6, 6.07) is 0. The number of nitrogens with zero attached hydrogens (tertiary/aromatic N) is 1. The van der Waals surface area contributed by atoms with E-state index < -0.39 is 0 Å². The Morgan fingerprint density at radius 2 is 1.89 bits per heavy atom. The fourth-order valence-corrected chi connectivity index (χ4v) is 1.79. The zero-order valence-corrected chi connectivity index (χ0v) is 12.1. The van der Waals surface area contributed by atoms with Gasteiger partial charge in [0.05, 0.1) is 5.69 Å². The first kappa shape index (κ1) is 14.5. The molecule has 0 aliphatic rings. The number of nitrogens with one attached hydrogen (secondary N) is 1. The van der Waals surface area contributed by atoms with E-state index in [9.17, 15) is 0 Å². The highest BCUT2D eigenvalue weighted by atomic mass is 15.1. The maximum Gasteiger partial charge on any atom is 0.0926 e. The molecule has 1 aromatic rings. The van der Waals surface area contributed by atoms with E-state index in [0.717, 1.165) is 11.3 Å². The summed E-state index contributed by atoms with van der Waals surface area (Å²) >= 11 is 0. The van der Waals surface area contributed by atoms with Crippen molar-refractivity contribution in [2.24, 2.45) is 5.92 Å². The Hall–Kier alpha value is -1.57. The lowest BCUT2D eigenvalue weighted by molar-refractivity contribution is 0.798. The van der Waals surface area contributed by atoms with Crippen LogP contribution in [0.4, 0.5) is 0 Å². The van der Waals surface area contributed by atoms with Gasteiger partial charge in [-0.3, -0.25) is 5.10 Å². The van der Waals surface area contributed by atoms with Crippen molar-refractivity contribution in [3.8, 4) is 0 Å². The van der Waals surface area contributed by atoms with E-state index in [1.165, 1.54) is 11.3 Å². The molecule has 1 heterocycles. The topological polar surface area (TPSA) is 28.7 Å². The molecule has 0 saturated heterocycles. The van der Waals surface area contributed by atoms with Gasteiger partial charge in [-0.25, -0.2) is 0 Å². The number of rotatable bonds is 5. The zero-order chi connectivity index (χ0) is 13.7. The van der Waals surface area contributed by atoms with Crippen LogP contribution in [0.5, 0.6) is 0 Å². The Bertz CT molecular complexity index is 459. The molecule has 0 aromatic carbocycles. The van der Waals surface area contributed by atoms with Crippen LogP contribution < -0.4 is 0 Å². The molecule has 0 fully saturated rings. The van der Waals surface area contributed by atoms with Crippen molar-refractivity contribution < 1.29 is 0 Å². The standard InChI is InChI=1S/C16H24N2/c1-7-8-9-10-14-15(13(6)11(2)3)16(12(4)5)18-17-14/h7-12H,6H2,1-5H3,(H,17,18)/b8-7-,10-9-. The number of hydrogen-bond acceptors (Lipinski definition) is 1. The summed E-state index contributed by atoms with van der Waals surface area (Å²) in [6.07, 6.45) is 8.05. The minimum Gasteiger partial charge on any atom is -0.281 e. The van der Waals surface area contributed by atoms with Gasteiger partial charge in [0.1, 0.15) is 0 Å². The Balaban J connectivity index is 3.23. The van der Waals surface area contributed by atoms with Crippen LogP contribution in [0.2, 0.25) is 0 Å². The van der Waals surface area contributed by atoms with Gasteiger partial charge in [-0.15, -0.1) is 0 Å². The number of H-pyrrole nitrogens is 1.